The lowest BCUT2D eigenvalue weighted by Crippen LogP contribution is -2.56. The topological polar surface area (TPSA) is 71.5 Å². The highest BCUT2D eigenvalue weighted by Gasteiger charge is 2.67. The molecule has 8 rings (SSSR count). The molecule has 2 saturated heterocycles. The number of hydrogen-bond donors (Lipinski definition) is 1. The van der Waals surface area contributed by atoms with Crippen molar-refractivity contribution in [3.8, 4) is 0 Å². The molecule has 6 atom stereocenters. The Kier molecular flexibility index (Phi) is 4.65. The molecule has 2 bridgehead atoms. The quantitative estimate of drug-likeness (QED) is 0.478. The summed E-state index contributed by atoms with van der Waals surface area (Å²) in [5.41, 5.74) is 2.86. The summed E-state index contributed by atoms with van der Waals surface area (Å²) in [5.74, 6) is 0.824. The predicted octanol–water partition coefficient (Wildman–Crippen LogP) is 6.18. The summed E-state index contributed by atoms with van der Waals surface area (Å²) in [4.78, 5) is 31.9. The first-order valence-corrected chi connectivity index (χ1v) is 14.8. The number of carbonyl (C=O) groups is 2. The van der Waals surface area contributed by atoms with Crippen LogP contribution in [0.2, 0.25) is 0 Å². The first-order chi connectivity index (χ1) is 18.7. The van der Waals surface area contributed by atoms with Crippen LogP contribution in [0.3, 0.4) is 0 Å². The molecule has 6 heteroatoms. The minimum absolute atomic E-state index is 0.111. The zero-order valence-corrected chi connectivity index (χ0v) is 23.1. The lowest BCUT2D eigenvalue weighted by atomic mass is 9.58. The van der Waals surface area contributed by atoms with Crippen LogP contribution in [-0.2, 0) is 9.53 Å². The molecule has 6 aliphatic rings. The third kappa shape index (κ3) is 3.04. The summed E-state index contributed by atoms with van der Waals surface area (Å²) < 4.78 is 7.41. The third-order valence-electron chi connectivity index (χ3n) is 11.5. The highest BCUT2D eigenvalue weighted by atomic mass is 16.5. The van der Waals surface area contributed by atoms with Crippen molar-refractivity contribution in [1.82, 2.24) is 15.2 Å². The Morgan fingerprint density at radius 1 is 1.05 bits per heavy atom. The smallest absolute Gasteiger partial charge is 0.325 e. The van der Waals surface area contributed by atoms with Gasteiger partial charge in [-0.2, -0.15) is 0 Å². The number of hydrogen-bond acceptors (Lipinski definition) is 4. The number of fused-ring (bicyclic) bond motifs is 2. The Morgan fingerprint density at radius 2 is 1.92 bits per heavy atom. The van der Waals surface area contributed by atoms with Gasteiger partial charge in [0.15, 0.2) is 0 Å². The van der Waals surface area contributed by atoms with Crippen LogP contribution in [0.25, 0.3) is 10.8 Å². The molecular weight excluding hydrogens is 486 g/mol. The van der Waals surface area contributed by atoms with Crippen LogP contribution < -0.4 is 5.32 Å². The highest BCUT2D eigenvalue weighted by Crippen LogP contribution is 2.69. The van der Waals surface area contributed by atoms with Crippen LogP contribution in [0, 0.1) is 11.3 Å². The Balaban J connectivity index is 1.13. The van der Waals surface area contributed by atoms with E-state index < -0.39 is 5.54 Å². The largest absolute Gasteiger partial charge is 0.359 e. The van der Waals surface area contributed by atoms with Crippen LogP contribution in [0.1, 0.15) is 83.6 Å². The van der Waals surface area contributed by atoms with Crippen molar-refractivity contribution in [1.29, 1.82) is 0 Å². The fraction of sp³-hybridized carbons (Fsp3) is 0.545. The van der Waals surface area contributed by atoms with Crippen molar-refractivity contribution < 1.29 is 14.3 Å². The van der Waals surface area contributed by atoms with Gasteiger partial charge in [0.1, 0.15) is 5.54 Å². The summed E-state index contributed by atoms with van der Waals surface area (Å²) in [6, 6.07) is 8.66. The average molecular weight is 524 g/mol. The molecule has 6 nitrogen and oxygen atoms in total. The number of imide groups is 1. The second-order valence-electron chi connectivity index (χ2n) is 13.8. The van der Waals surface area contributed by atoms with Crippen LogP contribution in [0.4, 0.5) is 4.79 Å². The maximum absolute atomic E-state index is 13.1. The highest BCUT2D eigenvalue weighted by molar-refractivity contribution is 6.06. The molecule has 2 aromatic rings. The first-order valence-electron chi connectivity index (χ1n) is 14.8. The lowest BCUT2D eigenvalue weighted by Gasteiger charge is -2.54. The molecule has 0 radical (unpaired) electrons. The van der Waals surface area contributed by atoms with Crippen LogP contribution in [0.5, 0.6) is 0 Å². The molecule has 2 spiro atoms. The number of nitrogens with one attached hydrogen (secondary N) is 1. The fourth-order valence-electron chi connectivity index (χ4n) is 9.58. The maximum Gasteiger partial charge on any atom is 0.325 e. The number of carbonyl (C=O) groups excluding carboxylic acids is 2. The summed E-state index contributed by atoms with van der Waals surface area (Å²) in [7, 11) is 0. The second kappa shape index (κ2) is 7.60. The molecule has 3 amide bonds. The molecule has 39 heavy (non-hydrogen) atoms. The van der Waals surface area contributed by atoms with E-state index in [2.05, 4.69) is 53.6 Å². The van der Waals surface area contributed by atoms with Gasteiger partial charge in [0.2, 0.25) is 0 Å². The third-order valence-corrected chi connectivity index (χ3v) is 11.5. The van der Waals surface area contributed by atoms with E-state index in [1.54, 1.807) is 13.8 Å². The minimum Gasteiger partial charge on any atom is -0.359 e. The number of ether oxygens (including phenoxy) is 1. The van der Waals surface area contributed by atoms with Crippen LogP contribution >= 0.6 is 0 Å². The Hall–Kier alpha value is -2.99. The van der Waals surface area contributed by atoms with Crippen molar-refractivity contribution in [3.05, 3.63) is 65.5 Å². The van der Waals surface area contributed by atoms with Gasteiger partial charge in [-0.3, -0.25) is 14.7 Å². The number of aromatic nitrogens is 1. The number of rotatable bonds is 2. The average Bonchev–Trinajstić information content (AvgIpc) is 3.49. The van der Waals surface area contributed by atoms with Gasteiger partial charge in [-0.05, 0) is 110 Å². The Labute approximate surface area is 229 Å². The number of urea groups is 1. The van der Waals surface area contributed by atoms with Crippen molar-refractivity contribution in [3.63, 3.8) is 0 Å². The molecule has 3 aliphatic heterocycles. The molecule has 1 aromatic heterocycles. The molecule has 3 aliphatic carbocycles. The normalized spacial score (nSPS) is 40.1. The van der Waals surface area contributed by atoms with E-state index in [1.165, 1.54) is 38.8 Å². The monoisotopic (exact) mass is 523 g/mol. The molecule has 2 saturated carbocycles. The number of nitrogens with zero attached hydrogens (tertiary/aromatic N) is 2. The van der Waals surface area contributed by atoms with Crippen molar-refractivity contribution >= 4 is 22.7 Å². The minimum atomic E-state index is -0.839. The van der Waals surface area contributed by atoms with Gasteiger partial charge in [0, 0.05) is 30.2 Å². The molecular formula is C33H37N3O3. The summed E-state index contributed by atoms with van der Waals surface area (Å²) in [5, 5.41) is 5.34. The second-order valence-corrected chi connectivity index (χ2v) is 13.8. The molecule has 0 unspecified atom stereocenters. The first kappa shape index (κ1) is 23.9. The van der Waals surface area contributed by atoms with Gasteiger partial charge in [-0.15, -0.1) is 0 Å². The molecule has 4 heterocycles. The molecule has 1 N–H and O–H groups in total. The molecule has 4 fully saturated rings. The number of amides is 3. The number of benzene rings is 1. The van der Waals surface area contributed by atoms with E-state index in [0.717, 1.165) is 38.5 Å². The van der Waals surface area contributed by atoms with Crippen LogP contribution in [-0.4, -0.2) is 44.6 Å². The van der Waals surface area contributed by atoms with Gasteiger partial charge in [-0.25, -0.2) is 4.79 Å². The lowest BCUT2D eigenvalue weighted by molar-refractivity contribution is -0.145. The van der Waals surface area contributed by atoms with E-state index in [-0.39, 0.29) is 34.6 Å². The summed E-state index contributed by atoms with van der Waals surface area (Å²) in [6.07, 6.45) is 16.6. The van der Waals surface area contributed by atoms with Gasteiger partial charge < -0.3 is 10.1 Å². The predicted molar refractivity (Wildman–Crippen MR) is 149 cm³/mol. The Morgan fingerprint density at radius 3 is 2.74 bits per heavy atom. The van der Waals surface area contributed by atoms with Gasteiger partial charge in [-0.1, -0.05) is 31.2 Å². The van der Waals surface area contributed by atoms with Crippen molar-refractivity contribution in [2.45, 2.75) is 101 Å². The zero-order chi connectivity index (χ0) is 26.8. The van der Waals surface area contributed by atoms with E-state index in [9.17, 15) is 9.59 Å². The van der Waals surface area contributed by atoms with E-state index in [1.807, 2.05) is 12.4 Å². The fourth-order valence-corrected chi connectivity index (χ4v) is 9.58. The van der Waals surface area contributed by atoms with E-state index in [4.69, 9.17) is 4.74 Å². The molecule has 202 valence electrons. The zero-order valence-electron chi connectivity index (χ0n) is 23.1. The number of pyridine rings is 1. The van der Waals surface area contributed by atoms with E-state index in [0.29, 0.717) is 18.3 Å². The maximum atomic E-state index is 13.1. The van der Waals surface area contributed by atoms with Gasteiger partial charge in [0.05, 0.1) is 11.2 Å². The number of allylic oxidation sites excluding steroid dienone is 1. The van der Waals surface area contributed by atoms with Crippen LogP contribution in [0.15, 0.2) is 60.0 Å². The molecule has 1 aromatic carbocycles. The SMILES string of the molecule is CC1(C)NC(=O)N([C@@H]2CCC3=CC4=CC[C@]5(C)[C@@H](c6ccc7ccncc7c6)CC[C@H]5[C@@]45CC[C@]3(C2)O5)C1=O. The van der Waals surface area contributed by atoms with Crippen molar-refractivity contribution in [2.24, 2.45) is 11.3 Å². The van der Waals surface area contributed by atoms with Gasteiger partial charge in [0.25, 0.3) is 5.91 Å². The van der Waals surface area contributed by atoms with Crippen molar-refractivity contribution in [2.75, 3.05) is 0 Å². The van der Waals surface area contributed by atoms with E-state index >= 15 is 0 Å². The van der Waals surface area contributed by atoms with Gasteiger partial charge >= 0.3 is 6.03 Å². The standard InChI is InChI=1S/C33H37N3O3/c1-30(2)28(37)36(29(38)35-30)25-7-6-23-17-24-10-12-31(3)26(21-5-4-20-11-15-34-19-22(20)16-21)8-9-27(31)33(24)14-13-32(23,18-25)39-33/h4-5,10-11,15-17,19,25-27H,6-9,12-14,18H2,1-3H3,(H,35,38)/t25-,26-,27-,31-,32-,33-/m1/s1. The summed E-state index contributed by atoms with van der Waals surface area (Å²) >= 11 is 0. The Bertz CT molecular complexity index is 1510. The summed E-state index contributed by atoms with van der Waals surface area (Å²) in [6.45, 7) is 6.09.